The summed E-state index contributed by atoms with van der Waals surface area (Å²) in [6.45, 7) is 0.662. The largest absolute Gasteiger partial charge is 0.468 e. The molecule has 1 rings (SSSR count). The van der Waals surface area contributed by atoms with Gasteiger partial charge in [0.2, 0.25) is 0 Å². The average molecular weight is 269 g/mol. The van der Waals surface area contributed by atoms with Crippen LogP contribution in [-0.2, 0) is 9.84 Å². The summed E-state index contributed by atoms with van der Waals surface area (Å²) in [6, 6.07) is 0.842. The number of halogens is 3. The molecule has 1 aromatic rings. The van der Waals surface area contributed by atoms with E-state index >= 15 is 0 Å². The Morgan fingerprint density at radius 3 is 2.59 bits per heavy atom. The van der Waals surface area contributed by atoms with Crippen LogP contribution in [0, 0.1) is 6.92 Å². The normalized spacial score (nSPS) is 14.1. The lowest BCUT2D eigenvalue weighted by Gasteiger charge is -2.14. The van der Waals surface area contributed by atoms with Crippen LogP contribution in [0.25, 0.3) is 0 Å². The molecule has 0 aliphatic heterocycles. The molecule has 1 aromatic heterocycles. The van der Waals surface area contributed by atoms with Crippen LogP contribution in [0.2, 0.25) is 0 Å². The van der Waals surface area contributed by atoms with Crippen molar-refractivity contribution in [3.63, 3.8) is 0 Å². The van der Waals surface area contributed by atoms with E-state index in [1.807, 2.05) is 0 Å². The van der Waals surface area contributed by atoms with Gasteiger partial charge in [0.15, 0.2) is 5.83 Å². The fourth-order valence-corrected chi connectivity index (χ4v) is 2.42. The zero-order valence-corrected chi connectivity index (χ0v) is 9.60. The molecule has 0 unspecified atom stereocenters. The lowest BCUT2D eigenvalue weighted by atomic mass is 10.5. The number of hydrogen-bond acceptors (Lipinski definition) is 4. The van der Waals surface area contributed by atoms with E-state index in [-0.39, 0.29) is 5.76 Å². The fourth-order valence-electron chi connectivity index (χ4n) is 1.14. The summed E-state index contributed by atoms with van der Waals surface area (Å²) in [5, 5.41) is -4.65. The Labute approximate surface area is 95.8 Å². The van der Waals surface area contributed by atoms with Gasteiger partial charge in [0.05, 0.1) is 6.26 Å². The number of alkyl halides is 2. The number of sulfone groups is 1. The van der Waals surface area contributed by atoms with Crippen molar-refractivity contribution in [1.82, 2.24) is 0 Å². The molecule has 0 fully saturated rings. The Bertz CT molecular complexity index is 533. The Hall–Kier alpha value is -1.28. The molecule has 2 N–H and O–H groups in total. The number of hydrogen-bond donors (Lipinski definition) is 1. The third-order valence-corrected chi connectivity index (χ3v) is 3.89. The lowest BCUT2D eigenvalue weighted by molar-refractivity contribution is 0.105. The van der Waals surface area contributed by atoms with Gasteiger partial charge in [-0.3, -0.25) is 0 Å². The molecule has 0 saturated heterocycles. The second-order valence-electron chi connectivity index (χ2n) is 3.15. The molecule has 0 aliphatic carbocycles. The summed E-state index contributed by atoms with van der Waals surface area (Å²) in [4.78, 5) is -0.747. The first-order valence-electron chi connectivity index (χ1n) is 4.48. The van der Waals surface area contributed by atoms with E-state index in [2.05, 4.69) is 4.42 Å². The standard InChI is InChI=1S/C9H10F3NO3S/c1-6-7(3-5-16-6)17(14,15)9(11,12)8(10)2-4-13/h2-3,5H,4,13H2,1H3. The number of furan rings is 1. The summed E-state index contributed by atoms with van der Waals surface area (Å²) in [5.41, 5.74) is 4.85. The van der Waals surface area contributed by atoms with Gasteiger partial charge < -0.3 is 10.2 Å². The number of nitrogens with two attached hydrogens (primary N) is 1. The van der Waals surface area contributed by atoms with E-state index in [1.54, 1.807) is 0 Å². The second-order valence-corrected chi connectivity index (χ2v) is 5.11. The molecule has 0 bridgehead atoms. The van der Waals surface area contributed by atoms with Gasteiger partial charge in [-0.2, -0.15) is 8.78 Å². The van der Waals surface area contributed by atoms with Crippen molar-refractivity contribution in [3.05, 3.63) is 30.0 Å². The first-order chi connectivity index (χ1) is 7.75. The summed E-state index contributed by atoms with van der Waals surface area (Å²) in [7, 11) is -5.17. The van der Waals surface area contributed by atoms with Crippen LogP contribution < -0.4 is 5.73 Å². The first-order valence-corrected chi connectivity index (χ1v) is 5.96. The molecular weight excluding hydrogens is 259 g/mol. The van der Waals surface area contributed by atoms with Gasteiger partial charge in [0.25, 0.3) is 9.84 Å². The van der Waals surface area contributed by atoms with Gasteiger partial charge in [-0.25, -0.2) is 12.8 Å². The minimum atomic E-state index is -5.17. The highest BCUT2D eigenvalue weighted by atomic mass is 32.2. The molecule has 0 radical (unpaired) electrons. The van der Waals surface area contributed by atoms with Crippen LogP contribution in [0.1, 0.15) is 5.76 Å². The van der Waals surface area contributed by atoms with Crippen LogP contribution in [0.4, 0.5) is 13.2 Å². The minimum absolute atomic E-state index is 0.231. The predicted molar refractivity (Wildman–Crippen MR) is 53.8 cm³/mol. The molecule has 0 aromatic carbocycles. The average Bonchev–Trinajstić information content (AvgIpc) is 2.65. The molecule has 4 nitrogen and oxygen atoms in total. The van der Waals surface area contributed by atoms with Gasteiger partial charge in [0, 0.05) is 6.54 Å². The minimum Gasteiger partial charge on any atom is -0.468 e. The second kappa shape index (κ2) is 4.53. The Balaban J connectivity index is 3.33. The molecular formula is C9H10F3NO3S. The van der Waals surface area contributed by atoms with Crippen LogP contribution >= 0.6 is 0 Å². The third kappa shape index (κ3) is 2.22. The van der Waals surface area contributed by atoms with Crippen molar-refractivity contribution in [3.8, 4) is 0 Å². The fraction of sp³-hybridized carbons (Fsp3) is 0.333. The van der Waals surface area contributed by atoms with Gasteiger partial charge in [0.1, 0.15) is 10.7 Å². The monoisotopic (exact) mass is 269 g/mol. The van der Waals surface area contributed by atoms with Gasteiger partial charge in [-0.05, 0) is 19.1 Å². The summed E-state index contributed by atoms with van der Waals surface area (Å²) in [5.74, 6) is -2.33. The number of aryl methyl sites for hydroxylation is 1. The van der Waals surface area contributed by atoms with Crippen LogP contribution in [0.5, 0.6) is 0 Å². The lowest BCUT2D eigenvalue weighted by Crippen LogP contribution is -2.30. The van der Waals surface area contributed by atoms with Gasteiger partial charge in [-0.1, -0.05) is 0 Å². The topological polar surface area (TPSA) is 73.3 Å². The van der Waals surface area contributed by atoms with Crippen LogP contribution in [0.3, 0.4) is 0 Å². The van der Waals surface area contributed by atoms with E-state index in [9.17, 15) is 21.6 Å². The van der Waals surface area contributed by atoms with E-state index in [0.717, 1.165) is 12.3 Å². The van der Waals surface area contributed by atoms with E-state index in [4.69, 9.17) is 5.73 Å². The highest BCUT2D eigenvalue weighted by molar-refractivity contribution is 7.92. The van der Waals surface area contributed by atoms with Crippen molar-refractivity contribution < 1.29 is 26.0 Å². The molecule has 0 saturated carbocycles. The zero-order valence-electron chi connectivity index (χ0n) is 8.78. The summed E-state index contributed by atoms with van der Waals surface area (Å²) in [6.07, 6.45) is 1.25. The van der Waals surface area contributed by atoms with Crippen molar-refractivity contribution in [2.24, 2.45) is 5.73 Å². The molecule has 0 amide bonds. The Morgan fingerprint density at radius 1 is 1.59 bits per heavy atom. The molecule has 8 heteroatoms. The molecule has 96 valence electrons. The highest BCUT2D eigenvalue weighted by Gasteiger charge is 2.51. The van der Waals surface area contributed by atoms with Gasteiger partial charge in [-0.15, -0.1) is 0 Å². The number of rotatable bonds is 4. The molecule has 0 spiro atoms. The van der Waals surface area contributed by atoms with Crippen molar-refractivity contribution in [2.45, 2.75) is 17.1 Å². The van der Waals surface area contributed by atoms with E-state index in [1.165, 1.54) is 6.92 Å². The molecule has 1 heterocycles. The maximum absolute atomic E-state index is 13.4. The van der Waals surface area contributed by atoms with Crippen molar-refractivity contribution in [1.29, 1.82) is 0 Å². The Morgan fingerprint density at radius 2 is 2.18 bits per heavy atom. The third-order valence-electron chi connectivity index (χ3n) is 2.01. The predicted octanol–water partition coefficient (Wildman–Crippen LogP) is 1.77. The highest BCUT2D eigenvalue weighted by Crippen LogP contribution is 2.37. The van der Waals surface area contributed by atoms with Crippen LogP contribution in [-0.4, -0.2) is 20.2 Å². The molecule has 0 atom stereocenters. The van der Waals surface area contributed by atoms with E-state index < -0.39 is 32.4 Å². The quantitative estimate of drug-likeness (QED) is 0.904. The molecule has 17 heavy (non-hydrogen) atoms. The van der Waals surface area contributed by atoms with Crippen molar-refractivity contribution >= 4 is 9.84 Å². The van der Waals surface area contributed by atoms with Crippen molar-refractivity contribution in [2.75, 3.05) is 6.54 Å². The maximum Gasteiger partial charge on any atom is 0.400 e. The molecule has 0 aliphatic rings. The zero-order chi connectivity index (χ0) is 13.3. The SMILES string of the molecule is Cc1occc1S(=O)(=O)C(F)(F)C(F)=CCN. The van der Waals surface area contributed by atoms with Crippen LogP contribution in [0.15, 0.2) is 33.5 Å². The maximum atomic E-state index is 13.4. The first kappa shape index (κ1) is 13.8. The van der Waals surface area contributed by atoms with Gasteiger partial charge >= 0.3 is 5.25 Å². The van der Waals surface area contributed by atoms with E-state index in [0.29, 0.717) is 6.08 Å². The summed E-state index contributed by atoms with van der Waals surface area (Å²) >= 11 is 0. The smallest absolute Gasteiger partial charge is 0.400 e. The summed E-state index contributed by atoms with van der Waals surface area (Å²) < 4.78 is 67.5. The Kier molecular flexibility index (Phi) is 3.68.